The highest BCUT2D eigenvalue weighted by Crippen LogP contribution is 2.15. The van der Waals surface area contributed by atoms with Crippen LogP contribution in [0.3, 0.4) is 0 Å². The fraction of sp³-hybridized carbons (Fsp3) is 0.0870. The number of nitrogens with one attached hydrogen (secondary N) is 2. The summed E-state index contributed by atoms with van der Waals surface area (Å²) in [4.78, 5) is 23.7. The number of hydrogen-bond donors (Lipinski definition) is 2. The summed E-state index contributed by atoms with van der Waals surface area (Å²) in [5.74, 6) is 0.469. The Balaban J connectivity index is 1.39. The number of para-hydroxylation sites is 1. The molecule has 8 heteroatoms. The van der Waals surface area contributed by atoms with Crippen LogP contribution in [0.1, 0.15) is 5.56 Å². The minimum atomic E-state index is -0.370. The lowest BCUT2D eigenvalue weighted by atomic mass is 10.2. The van der Waals surface area contributed by atoms with Crippen LogP contribution in [0.15, 0.2) is 84.0 Å². The van der Waals surface area contributed by atoms with E-state index < -0.39 is 0 Å². The maximum atomic E-state index is 12.0. The van der Waals surface area contributed by atoms with E-state index in [1.165, 1.54) is 6.21 Å². The van der Waals surface area contributed by atoms with Crippen molar-refractivity contribution in [3.05, 3.63) is 89.4 Å². The normalized spacial score (nSPS) is 10.5. The second-order valence-electron chi connectivity index (χ2n) is 6.31. The van der Waals surface area contributed by atoms with Crippen molar-refractivity contribution in [2.75, 3.05) is 18.5 Å². The van der Waals surface area contributed by atoms with Crippen molar-refractivity contribution >= 4 is 35.3 Å². The third-order valence-corrected chi connectivity index (χ3v) is 4.11. The van der Waals surface area contributed by atoms with Gasteiger partial charge in [-0.1, -0.05) is 35.9 Å². The Morgan fingerprint density at radius 1 is 0.839 bits per heavy atom. The molecule has 158 valence electrons. The molecule has 0 unspecified atom stereocenters. The number of carbonyl (C=O) groups is 2. The summed E-state index contributed by atoms with van der Waals surface area (Å²) >= 11 is 5.89. The van der Waals surface area contributed by atoms with Crippen molar-refractivity contribution in [1.29, 1.82) is 0 Å². The van der Waals surface area contributed by atoms with Gasteiger partial charge in [0.15, 0.2) is 13.2 Å². The van der Waals surface area contributed by atoms with Crippen LogP contribution in [-0.4, -0.2) is 31.2 Å². The number of hydrazone groups is 1. The summed E-state index contributed by atoms with van der Waals surface area (Å²) in [7, 11) is 0. The molecule has 0 fully saturated rings. The molecule has 2 amide bonds. The molecule has 3 aromatic carbocycles. The van der Waals surface area contributed by atoms with E-state index >= 15 is 0 Å². The molecule has 2 N–H and O–H groups in total. The van der Waals surface area contributed by atoms with Gasteiger partial charge in [-0.2, -0.15) is 5.10 Å². The molecule has 31 heavy (non-hydrogen) atoms. The Morgan fingerprint density at radius 2 is 1.52 bits per heavy atom. The fourth-order valence-electron chi connectivity index (χ4n) is 2.44. The van der Waals surface area contributed by atoms with E-state index in [1.54, 1.807) is 60.7 Å². The average molecular weight is 438 g/mol. The van der Waals surface area contributed by atoms with Crippen LogP contribution in [0.5, 0.6) is 11.5 Å². The van der Waals surface area contributed by atoms with E-state index in [0.717, 1.165) is 5.56 Å². The number of rotatable bonds is 9. The monoisotopic (exact) mass is 437 g/mol. The van der Waals surface area contributed by atoms with E-state index in [1.807, 2.05) is 18.2 Å². The first kappa shape index (κ1) is 21.9. The number of benzene rings is 3. The molecule has 0 aliphatic heterocycles. The van der Waals surface area contributed by atoms with Gasteiger partial charge in [0.2, 0.25) is 0 Å². The van der Waals surface area contributed by atoms with Gasteiger partial charge in [-0.05, 0) is 60.2 Å². The topological polar surface area (TPSA) is 89.0 Å². The van der Waals surface area contributed by atoms with Crippen molar-refractivity contribution < 1.29 is 19.1 Å². The van der Waals surface area contributed by atoms with Gasteiger partial charge in [0, 0.05) is 10.7 Å². The molecule has 0 saturated heterocycles. The third kappa shape index (κ3) is 7.83. The van der Waals surface area contributed by atoms with Crippen LogP contribution >= 0.6 is 11.6 Å². The molecular weight excluding hydrogens is 418 g/mol. The van der Waals surface area contributed by atoms with Gasteiger partial charge in [-0.3, -0.25) is 9.59 Å². The van der Waals surface area contributed by atoms with Crippen LogP contribution in [-0.2, 0) is 9.59 Å². The molecule has 3 rings (SSSR count). The lowest BCUT2D eigenvalue weighted by Gasteiger charge is -2.08. The fourth-order valence-corrected chi connectivity index (χ4v) is 2.63. The van der Waals surface area contributed by atoms with Crippen LogP contribution in [0, 0.1) is 0 Å². The Labute approximate surface area is 184 Å². The Bertz CT molecular complexity index is 1040. The zero-order valence-corrected chi connectivity index (χ0v) is 17.2. The minimum absolute atomic E-state index is 0.134. The number of halogens is 1. The quantitative estimate of drug-likeness (QED) is 0.392. The van der Waals surface area contributed by atoms with Gasteiger partial charge in [-0.25, -0.2) is 5.43 Å². The molecule has 3 aromatic rings. The molecular formula is C23H20ClN3O4. The number of nitrogens with zero attached hydrogens (tertiary/aromatic N) is 1. The van der Waals surface area contributed by atoms with E-state index in [0.29, 0.717) is 22.2 Å². The summed E-state index contributed by atoms with van der Waals surface area (Å²) < 4.78 is 10.8. The molecule has 0 spiro atoms. The minimum Gasteiger partial charge on any atom is -0.484 e. The first-order valence-electron chi connectivity index (χ1n) is 9.36. The van der Waals surface area contributed by atoms with Crippen molar-refractivity contribution in [3.63, 3.8) is 0 Å². The summed E-state index contributed by atoms with van der Waals surface area (Å²) in [6.45, 7) is -0.275. The molecule has 0 atom stereocenters. The van der Waals surface area contributed by atoms with Gasteiger partial charge in [0.25, 0.3) is 11.8 Å². The molecule has 0 bridgehead atoms. The number of amides is 2. The number of carbonyl (C=O) groups excluding carboxylic acids is 2. The lowest BCUT2D eigenvalue weighted by molar-refractivity contribution is -0.123. The molecule has 7 nitrogen and oxygen atoms in total. The average Bonchev–Trinajstić information content (AvgIpc) is 2.78. The van der Waals surface area contributed by atoms with E-state index in [4.69, 9.17) is 21.1 Å². The largest absolute Gasteiger partial charge is 0.484 e. The SMILES string of the molecule is O=C(COc1ccccc1)N/N=C/c1ccc(OCC(=O)Nc2cccc(Cl)c2)cc1. The number of anilines is 1. The molecule has 0 aliphatic rings. The lowest BCUT2D eigenvalue weighted by Crippen LogP contribution is -2.24. The van der Waals surface area contributed by atoms with Crippen molar-refractivity contribution in [2.45, 2.75) is 0 Å². The van der Waals surface area contributed by atoms with Crippen LogP contribution in [0.4, 0.5) is 5.69 Å². The zero-order chi connectivity index (χ0) is 21.9. The van der Waals surface area contributed by atoms with Crippen molar-refractivity contribution in [1.82, 2.24) is 5.43 Å². The molecule has 0 saturated carbocycles. The Morgan fingerprint density at radius 3 is 2.23 bits per heavy atom. The van der Waals surface area contributed by atoms with E-state index in [-0.39, 0.29) is 25.0 Å². The zero-order valence-electron chi connectivity index (χ0n) is 16.5. The highest BCUT2D eigenvalue weighted by Gasteiger charge is 2.04. The smallest absolute Gasteiger partial charge is 0.277 e. The van der Waals surface area contributed by atoms with Gasteiger partial charge in [0.1, 0.15) is 11.5 Å². The molecule has 0 radical (unpaired) electrons. The summed E-state index contributed by atoms with van der Waals surface area (Å²) in [6.07, 6.45) is 1.50. The number of hydrogen-bond acceptors (Lipinski definition) is 5. The van der Waals surface area contributed by atoms with E-state index in [2.05, 4.69) is 15.8 Å². The number of ether oxygens (including phenoxy) is 2. The third-order valence-electron chi connectivity index (χ3n) is 3.87. The standard InChI is InChI=1S/C23H20ClN3O4/c24-18-5-4-6-19(13-18)26-22(28)15-30-21-11-9-17(10-12-21)14-25-27-23(29)16-31-20-7-2-1-3-8-20/h1-14H,15-16H2,(H,26,28)(H,27,29)/b25-14+. The summed E-state index contributed by atoms with van der Waals surface area (Å²) in [5, 5.41) is 7.13. The highest BCUT2D eigenvalue weighted by atomic mass is 35.5. The maximum absolute atomic E-state index is 12.0. The van der Waals surface area contributed by atoms with Gasteiger partial charge >= 0.3 is 0 Å². The van der Waals surface area contributed by atoms with Gasteiger partial charge in [0.05, 0.1) is 6.21 Å². The molecule has 0 aromatic heterocycles. The second-order valence-corrected chi connectivity index (χ2v) is 6.75. The van der Waals surface area contributed by atoms with Crippen LogP contribution in [0.25, 0.3) is 0 Å². The predicted molar refractivity (Wildman–Crippen MR) is 120 cm³/mol. The van der Waals surface area contributed by atoms with Gasteiger partial charge in [-0.15, -0.1) is 0 Å². The highest BCUT2D eigenvalue weighted by molar-refractivity contribution is 6.30. The summed E-state index contributed by atoms with van der Waals surface area (Å²) in [5.41, 5.74) is 3.75. The first-order valence-corrected chi connectivity index (χ1v) is 9.74. The van der Waals surface area contributed by atoms with Crippen LogP contribution in [0.2, 0.25) is 5.02 Å². The molecule has 0 aliphatic carbocycles. The second kappa shape index (κ2) is 11.4. The summed E-state index contributed by atoms with van der Waals surface area (Å²) in [6, 6.07) is 22.8. The first-order chi connectivity index (χ1) is 15.1. The van der Waals surface area contributed by atoms with Crippen LogP contribution < -0.4 is 20.2 Å². The maximum Gasteiger partial charge on any atom is 0.277 e. The molecule has 0 heterocycles. The van der Waals surface area contributed by atoms with Gasteiger partial charge < -0.3 is 14.8 Å². The van der Waals surface area contributed by atoms with Crippen molar-refractivity contribution in [2.24, 2.45) is 5.10 Å². The van der Waals surface area contributed by atoms with E-state index in [9.17, 15) is 9.59 Å². The Hall–Kier alpha value is -3.84. The van der Waals surface area contributed by atoms with Crippen molar-refractivity contribution in [3.8, 4) is 11.5 Å². The predicted octanol–water partition coefficient (Wildman–Crippen LogP) is 3.89. The Kier molecular flexibility index (Phi) is 8.02.